The summed E-state index contributed by atoms with van der Waals surface area (Å²) in [6.45, 7) is 1.69. The van der Waals surface area contributed by atoms with Gasteiger partial charge in [-0.25, -0.2) is 0 Å². The van der Waals surface area contributed by atoms with Crippen LogP contribution in [0.25, 0.3) is 0 Å². The maximum absolute atomic E-state index is 10.5. The molecule has 7 heteroatoms. The van der Waals surface area contributed by atoms with E-state index in [0.29, 0.717) is 12.2 Å². The highest BCUT2D eigenvalue weighted by Crippen LogP contribution is 2.21. The van der Waals surface area contributed by atoms with Gasteiger partial charge in [-0.2, -0.15) is 4.80 Å². The molecule has 2 aromatic rings. The zero-order valence-electron chi connectivity index (χ0n) is 10.7. The number of rotatable bonds is 5. The van der Waals surface area contributed by atoms with Gasteiger partial charge in [-0.1, -0.05) is 17.7 Å². The smallest absolute Gasteiger partial charge is 0.327 e. The monoisotopic (exact) mass is 262 g/mol. The summed E-state index contributed by atoms with van der Waals surface area (Å²) < 4.78 is 5.27. The molecule has 19 heavy (non-hydrogen) atoms. The van der Waals surface area contributed by atoms with Gasteiger partial charge in [0.05, 0.1) is 7.11 Å². The number of benzene rings is 1. The summed E-state index contributed by atoms with van der Waals surface area (Å²) in [5, 5.41) is 20.2. The normalized spacial score (nSPS) is 10.4. The lowest BCUT2D eigenvalue weighted by Crippen LogP contribution is -2.11. The van der Waals surface area contributed by atoms with Crippen molar-refractivity contribution in [3.63, 3.8) is 0 Å². The van der Waals surface area contributed by atoms with E-state index in [9.17, 15) is 4.79 Å². The Morgan fingerprint density at radius 3 is 2.95 bits per heavy atom. The molecule has 0 saturated heterocycles. The number of carbonyl (C=O) groups is 1. The van der Waals surface area contributed by atoms with Crippen molar-refractivity contribution in [2.24, 2.45) is 0 Å². The van der Waals surface area contributed by atoms with Crippen LogP contribution in [0.4, 0.5) is 0 Å². The molecule has 0 radical (unpaired) electrons. The SMILES string of the molecule is COc1ccc(C)cc1Cc1nnn(CC(=O)O)n1. The van der Waals surface area contributed by atoms with E-state index in [2.05, 4.69) is 15.4 Å². The van der Waals surface area contributed by atoms with Crippen LogP contribution in [-0.4, -0.2) is 38.4 Å². The molecule has 0 aliphatic heterocycles. The molecular weight excluding hydrogens is 248 g/mol. The van der Waals surface area contributed by atoms with Gasteiger partial charge in [0.1, 0.15) is 5.75 Å². The maximum Gasteiger partial charge on any atom is 0.327 e. The second-order valence-electron chi connectivity index (χ2n) is 4.12. The van der Waals surface area contributed by atoms with Crippen molar-refractivity contribution in [2.45, 2.75) is 19.9 Å². The summed E-state index contributed by atoms with van der Waals surface area (Å²) in [6, 6.07) is 5.82. The van der Waals surface area contributed by atoms with Crippen molar-refractivity contribution in [3.8, 4) is 5.75 Å². The molecule has 1 aromatic carbocycles. The lowest BCUT2D eigenvalue weighted by atomic mass is 10.1. The molecule has 1 heterocycles. The van der Waals surface area contributed by atoms with E-state index >= 15 is 0 Å². The summed E-state index contributed by atoms with van der Waals surface area (Å²) >= 11 is 0. The lowest BCUT2D eigenvalue weighted by molar-refractivity contribution is -0.138. The first kappa shape index (κ1) is 13.0. The van der Waals surface area contributed by atoms with Crippen LogP contribution in [0.2, 0.25) is 0 Å². The Morgan fingerprint density at radius 1 is 1.47 bits per heavy atom. The quantitative estimate of drug-likeness (QED) is 0.851. The van der Waals surface area contributed by atoms with Gasteiger partial charge < -0.3 is 9.84 Å². The number of aryl methyl sites for hydroxylation is 1. The van der Waals surface area contributed by atoms with E-state index < -0.39 is 5.97 Å². The van der Waals surface area contributed by atoms with E-state index in [4.69, 9.17) is 9.84 Å². The standard InChI is InChI=1S/C12H14N4O3/c1-8-3-4-10(19-2)9(5-8)6-11-13-15-16(14-11)7-12(17)18/h3-5H,6-7H2,1-2H3,(H,17,18). The molecule has 0 saturated carbocycles. The molecule has 0 atom stereocenters. The van der Waals surface area contributed by atoms with Crippen LogP contribution in [-0.2, 0) is 17.8 Å². The summed E-state index contributed by atoms with van der Waals surface area (Å²) in [5.41, 5.74) is 2.05. The third-order valence-electron chi connectivity index (χ3n) is 2.56. The minimum Gasteiger partial charge on any atom is -0.496 e. The molecule has 1 aromatic heterocycles. The van der Waals surface area contributed by atoms with Crippen molar-refractivity contribution in [1.82, 2.24) is 20.2 Å². The molecule has 0 amide bonds. The third-order valence-corrected chi connectivity index (χ3v) is 2.56. The molecule has 7 nitrogen and oxygen atoms in total. The number of methoxy groups -OCH3 is 1. The number of tetrazole rings is 1. The highest BCUT2D eigenvalue weighted by Gasteiger charge is 2.10. The van der Waals surface area contributed by atoms with Gasteiger partial charge in [-0.05, 0) is 18.2 Å². The van der Waals surface area contributed by atoms with E-state index in [1.54, 1.807) is 7.11 Å². The van der Waals surface area contributed by atoms with Gasteiger partial charge in [-0.15, -0.1) is 10.2 Å². The predicted molar refractivity (Wildman–Crippen MR) is 66.0 cm³/mol. The molecule has 100 valence electrons. The number of hydrogen-bond acceptors (Lipinski definition) is 5. The summed E-state index contributed by atoms with van der Waals surface area (Å²) in [5.74, 6) is 0.211. The highest BCUT2D eigenvalue weighted by atomic mass is 16.5. The average molecular weight is 262 g/mol. The van der Waals surface area contributed by atoms with Crippen molar-refractivity contribution in [1.29, 1.82) is 0 Å². The van der Waals surface area contributed by atoms with Gasteiger partial charge in [0, 0.05) is 12.0 Å². The topological polar surface area (TPSA) is 90.1 Å². The summed E-state index contributed by atoms with van der Waals surface area (Å²) in [7, 11) is 1.60. The Hall–Kier alpha value is -2.44. The number of carboxylic acid groups (broad SMARTS) is 1. The fourth-order valence-corrected chi connectivity index (χ4v) is 1.75. The van der Waals surface area contributed by atoms with Gasteiger partial charge in [0.15, 0.2) is 12.4 Å². The Labute approximate surface area is 109 Å². The van der Waals surface area contributed by atoms with Crippen molar-refractivity contribution >= 4 is 5.97 Å². The molecule has 1 N–H and O–H groups in total. The van der Waals surface area contributed by atoms with Crippen LogP contribution in [0.3, 0.4) is 0 Å². The number of ether oxygens (including phenoxy) is 1. The summed E-state index contributed by atoms with van der Waals surface area (Å²) in [4.78, 5) is 11.6. The fraction of sp³-hybridized carbons (Fsp3) is 0.333. The van der Waals surface area contributed by atoms with Gasteiger partial charge in [0.25, 0.3) is 0 Å². The molecule has 0 fully saturated rings. The van der Waals surface area contributed by atoms with Crippen LogP contribution >= 0.6 is 0 Å². The second-order valence-corrected chi connectivity index (χ2v) is 4.12. The Kier molecular flexibility index (Phi) is 3.74. The molecule has 0 bridgehead atoms. The van der Waals surface area contributed by atoms with Crippen LogP contribution in [0.1, 0.15) is 17.0 Å². The molecule has 2 rings (SSSR count). The predicted octanol–water partition coefficient (Wildman–Crippen LogP) is 0.666. The molecule has 0 spiro atoms. The van der Waals surface area contributed by atoms with Crippen molar-refractivity contribution in [3.05, 3.63) is 35.2 Å². The number of hydrogen-bond donors (Lipinski definition) is 1. The number of carboxylic acids is 1. The van der Waals surface area contributed by atoms with Crippen LogP contribution in [0.5, 0.6) is 5.75 Å². The second kappa shape index (κ2) is 5.47. The van der Waals surface area contributed by atoms with E-state index in [-0.39, 0.29) is 6.54 Å². The van der Waals surface area contributed by atoms with E-state index in [1.165, 1.54) is 0 Å². The number of nitrogens with zero attached hydrogens (tertiary/aromatic N) is 4. The maximum atomic E-state index is 10.5. The van der Waals surface area contributed by atoms with E-state index in [0.717, 1.165) is 21.7 Å². The molecule has 0 aliphatic carbocycles. The van der Waals surface area contributed by atoms with Gasteiger partial charge in [-0.3, -0.25) is 4.79 Å². The summed E-state index contributed by atoms with van der Waals surface area (Å²) in [6.07, 6.45) is 0.449. The zero-order valence-corrected chi connectivity index (χ0v) is 10.7. The third kappa shape index (κ3) is 3.27. The molecule has 0 unspecified atom stereocenters. The minimum absolute atomic E-state index is 0.294. The largest absolute Gasteiger partial charge is 0.496 e. The van der Waals surface area contributed by atoms with E-state index in [1.807, 2.05) is 25.1 Å². The van der Waals surface area contributed by atoms with Crippen molar-refractivity contribution in [2.75, 3.05) is 7.11 Å². The Balaban J connectivity index is 2.18. The van der Waals surface area contributed by atoms with Crippen LogP contribution in [0.15, 0.2) is 18.2 Å². The van der Waals surface area contributed by atoms with Crippen molar-refractivity contribution < 1.29 is 14.6 Å². The van der Waals surface area contributed by atoms with Gasteiger partial charge in [0.2, 0.25) is 0 Å². The number of aliphatic carboxylic acids is 1. The first-order valence-corrected chi connectivity index (χ1v) is 5.70. The average Bonchev–Trinajstić information content (AvgIpc) is 2.76. The lowest BCUT2D eigenvalue weighted by Gasteiger charge is -2.07. The van der Waals surface area contributed by atoms with Crippen LogP contribution < -0.4 is 4.74 Å². The fourth-order valence-electron chi connectivity index (χ4n) is 1.75. The zero-order chi connectivity index (χ0) is 13.8. The highest BCUT2D eigenvalue weighted by molar-refractivity contribution is 5.66. The number of aromatic nitrogens is 4. The Bertz CT molecular complexity index is 594. The molecular formula is C12H14N4O3. The van der Waals surface area contributed by atoms with Gasteiger partial charge >= 0.3 is 5.97 Å². The first-order chi connectivity index (χ1) is 9.08. The first-order valence-electron chi connectivity index (χ1n) is 5.70. The molecule has 0 aliphatic rings. The van der Waals surface area contributed by atoms with Crippen LogP contribution in [0, 0.1) is 6.92 Å². The Morgan fingerprint density at radius 2 is 2.26 bits per heavy atom. The minimum atomic E-state index is -1.00.